The normalized spacial score (nSPS) is 16.3. The summed E-state index contributed by atoms with van der Waals surface area (Å²) in [4.78, 5) is 36.8. The lowest BCUT2D eigenvalue weighted by Crippen LogP contribution is -2.20. The Hall–Kier alpha value is -3.87. The van der Waals surface area contributed by atoms with Crippen molar-refractivity contribution in [3.05, 3.63) is 76.4 Å². The number of aromatic hydroxyl groups is 1. The molecule has 0 atom stereocenters. The molecule has 0 fully saturated rings. The Kier molecular flexibility index (Phi) is 10.9. The van der Waals surface area contributed by atoms with Crippen LogP contribution >= 0.6 is 0 Å². The van der Waals surface area contributed by atoms with Crippen LogP contribution in [0.1, 0.15) is 84.0 Å². The summed E-state index contributed by atoms with van der Waals surface area (Å²) in [6.45, 7) is 12.4. The minimum Gasteiger partial charge on any atom is -0.506 e. The molecule has 204 valence electrons. The van der Waals surface area contributed by atoms with Crippen molar-refractivity contribution >= 4 is 29.1 Å². The summed E-state index contributed by atoms with van der Waals surface area (Å²) in [7, 11) is 0. The predicted octanol–water partition coefficient (Wildman–Crippen LogP) is 6.70. The first-order valence-electron chi connectivity index (χ1n) is 13.0. The molecule has 2 rings (SSSR count). The molecule has 1 aromatic rings. The van der Waals surface area contributed by atoms with E-state index >= 15 is 0 Å². The van der Waals surface area contributed by atoms with Gasteiger partial charge in [0.05, 0.1) is 11.3 Å². The van der Waals surface area contributed by atoms with Gasteiger partial charge in [0, 0.05) is 12.5 Å². The summed E-state index contributed by atoms with van der Waals surface area (Å²) < 4.78 is 0. The number of nitrogens with one attached hydrogen (secondary N) is 2. The number of hydrogen-bond acceptors (Lipinski definition) is 4. The molecule has 0 spiro atoms. The van der Waals surface area contributed by atoms with Crippen molar-refractivity contribution in [3.63, 3.8) is 0 Å². The summed E-state index contributed by atoms with van der Waals surface area (Å²) in [6.07, 6.45) is 15.7. The van der Waals surface area contributed by atoms with Crippen molar-refractivity contribution in [1.29, 1.82) is 0 Å². The van der Waals surface area contributed by atoms with Crippen molar-refractivity contribution in [3.8, 4) is 5.75 Å². The predicted molar refractivity (Wildman–Crippen MR) is 155 cm³/mol. The molecule has 1 aliphatic carbocycles. The third-order valence-corrected chi connectivity index (χ3v) is 6.57. The number of hydrogen-bond donors (Lipinski definition) is 4. The van der Waals surface area contributed by atoms with Gasteiger partial charge in [0.1, 0.15) is 11.4 Å². The van der Waals surface area contributed by atoms with Crippen molar-refractivity contribution in [2.24, 2.45) is 11.1 Å². The smallest absolute Gasteiger partial charge is 0.250 e. The van der Waals surface area contributed by atoms with Gasteiger partial charge < -0.3 is 21.5 Å². The molecule has 3 amide bonds. The van der Waals surface area contributed by atoms with E-state index in [1.807, 2.05) is 26.0 Å². The van der Waals surface area contributed by atoms with E-state index in [4.69, 9.17) is 5.73 Å². The van der Waals surface area contributed by atoms with Crippen LogP contribution in [0, 0.1) is 5.41 Å². The van der Waals surface area contributed by atoms with Crippen molar-refractivity contribution < 1.29 is 19.5 Å². The maximum atomic E-state index is 12.7. The van der Waals surface area contributed by atoms with Gasteiger partial charge >= 0.3 is 0 Å². The minimum atomic E-state index is -0.803. The van der Waals surface area contributed by atoms with E-state index < -0.39 is 11.8 Å². The monoisotopic (exact) mass is 519 g/mol. The van der Waals surface area contributed by atoms with Crippen LogP contribution < -0.4 is 16.4 Å². The van der Waals surface area contributed by atoms with Crippen LogP contribution in [0.5, 0.6) is 5.75 Å². The van der Waals surface area contributed by atoms with Gasteiger partial charge in [-0.2, -0.15) is 0 Å². The van der Waals surface area contributed by atoms with Crippen molar-refractivity contribution in [1.82, 2.24) is 0 Å². The molecule has 38 heavy (non-hydrogen) atoms. The van der Waals surface area contributed by atoms with Gasteiger partial charge in [0.25, 0.3) is 5.91 Å². The lowest BCUT2D eigenvalue weighted by atomic mass is 9.72. The van der Waals surface area contributed by atoms with E-state index in [1.54, 1.807) is 13.0 Å². The number of carbonyl (C=O) groups excluding carboxylic acids is 3. The quantitative estimate of drug-likeness (QED) is 0.156. The molecular weight excluding hydrogens is 478 g/mol. The van der Waals surface area contributed by atoms with Gasteiger partial charge in [0.2, 0.25) is 11.8 Å². The fourth-order valence-corrected chi connectivity index (χ4v) is 4.53. The second kappa shape index (κ2) is 13.6. The maximum absolute atomic E-state index is 12.7. The van der Waals surface area contributed by atoms with Gasteiger partial charge in [-0.25, -0.2) is 0 Å². The fourth-order valence-electron chi connectivity index (χ4n) is 4.53. The molecule has 0 aromatic heterocycles. The number of phenolic OH excluding ortho intramolecular Hbond substituents is 1. The van der Waals surface area contributed by atoms with Crippen molar-refractivity contribution in [2.75, 3.05) is 10.6 Å². The summed E-state index contributed by atoms with van der Waals surface area (Å²) in [5.41, 5.74) is 10.1. The van der Waals surface area contributed by atoms with Gasteiger partial charge in [-0.05, 0) is 75.1 Å². The molecule has 0 heterocycles. The summed E-state index contributed by atoms with van der Waals surface area (Å²) in [5, 5.41) is 15.4. The first-order valence-corrected chi connectivity index (χ1v) is 13.0. The van der Waals surface area contributed by atoms with Crippen LogP contribution in [0.2, 0.25) is 0 Å². The highest BCUT2D eigenvalue weighted by molar-refractivity contribution is 6.12. The zero-order valence-electron chi connectivity index (χ0n) is 23.4. The van der Waals surface area contributed by atoms with Crippen LogP contribution in [0.25, 0.3) is 0 Å². The van der Waals surface area contributed by atoms with Crippen molar-refractivity contribution in [2.45, 2.75) is 73.6 Å². The number of allylic oxidation sites excluding steroid dienone is 9. The third-order valence-electron chi connectivity index (χ3n) is 6.57. The number of rotatable bonds is 10. The molecule has 1 aliphatic rings. The number of primary amides is 1. The number of carbonyl (C=O) groups is 3. The molecule has 0 bridgehead atoms. The van der Waals surface area contributed by atoms with Gasteiger partial charge in [0.15, 0.2) is 0 Å². The van der Waals surface area contributed by atoms with Gasteiger partial charge in [-0.1, -0.05) is 62.3 Å². The highest BCUT2D eigenvalue weighted by atomic mass is 16.3. The number of nitrogens with two attached hydrogens (primary N) is 1. The molecule has 0 unspecified atom stereocenters. The van der Waals surface area contributed by atoms with Crippen LogP contribution in [0.15, 0.2) is 70.9 Å². The number of anilines is 2. The minimum absolute atomic E-state index is 0.0265. The third kappa shape index (κ3) is 8.61. The molecule has 0 saturated carbocycles. The molecule has 7 nitrogen and oxygen atoms in total. The van der Waals surface area contributed by atoms with Gasteiger partial charge in [-0.15, -0.1) is 0 Å². The lowest BCUT2D eigenvalue weighted by molar-refractivity contribution is -0.116. The molecule has 7 heteroatoms. The first-order chi connectivity index (χ1) is 17.9. The van der Waals surface area contributed by atoms with E-state index in [9.17, 15) is 19.5 Å². The van der Waals surface area contributed by atoms with E-state index in [-0.39, 0.29) is 40.4 Å². The lowest BCUT2D eigenvalue weighted by Gasteiger charge is -2.32. The SMILES string of the molecule is CCCC(=O)Nc1c(O)ccc(C(N)=O)c1NC(=O)/C=C(C)/C=C/C=C(C)/C=C/C1=C(C)CCCC1(C)C. The number of benzene rings is 1. The summed E-state index contributed by atoms with van der Waals surface area (Å²) in [5.74, 6) is -1.98. The number of amides is 3. The molecule has 5 N–H and O–H groups in total. The largest absolute Gasteiger partial charge is 0.506 e. The maximum Gasteiger partial charge on any atom is 0.250 e. The Balaban J connectivity index is 2.18. The highest BCUT2D eigenvalue weighted by Crippen LogP contribution is 2.41. The van der Waals surface area contributed by atoms with Crippen LogP contribution in [-0.4, -0.2) is 22.8 Å². The van der Waals surface area contributed by atoms with E-state index in [0.717, 1.165) is 12.0 Å². The zero-order valence-corrected chi connectivity index (χ0v) is 23.4. The second-order valence-electron chi connectivity index (χ2n) is 10.5. The summed E-state index contributed by atoms with van der Waals surface area (Å²) in [6, 6.07) is 2.55. The average Bonchev–Trinajstić information content (AvgIpc) is 2.80. The standard InChI is InChI=1S/C31H41N3O4/c1-7-10-26(36)33-29-25(35)17-15-23(30(32)38)28(29)34-27(37)19-21(3)12-8-11-20(2)14-16-24-22(4)13-9-18-31(24,5)6/h8,11-12,14-17,19,35H,7,9-10,13,18H2,1-6H3,(H2,32,38)(H,33,36)(H,34,37)/b12-8+,16-14+,20-11+,21-19+. The molecular formula is C31H41N3O4. The average molecular weight is 520 g/mol. The summed E-state index contributed by atoms with van der Waals surface area (Å²) >= 11 is 0. The molecule has 0 aliphatic heterocycles. The van der Waals surface area contributed by atoms with E-state index in [0.29, 0.717) is 12.0 Å². The highest BCUT2D eigenvalue weighted by Gasteiger charge is 2.26. The molecule has 0 saturated heterocycles. The van der Waals surface area contributed by atoms with Crippen LogP contribution in [0.3, 0.4) is 0 Å². The second-order valence-corrected chi connectivity index (χ2v) is 10.5. The fraction of sp³-hybridized carbons (Fsp3) is 0.387. The first kappa shape index (κ1) is 30.4. The van der Waals surface area contributed by atoms with Gasteiger partial charge in [-0.3, -0.25) is 14.4 Å². The van der Waals surface area contributed by atoms with Crippen LogP contribution in [0.4, 0.5) is 11.4 Å². The Labute approximate surface area is 226 Å². The van der Waals surface area contributed by atoms with Crippen LogP contribution in [-0.2, 0) is 9.59 Å². The Bertz CT molecular complexity index is 1230. The zero-order chi connectivity index (χ0) is 28.5. The molecule has 0 radical (unpaired) electrons. The van der Waals surface area contributed by atoms with E-state index in [2.05, 4.69) is 43.6 Å². The Morgan fingerprint density at radius 2 is 1.79 bits per heavy atom. The topological polar surface area (TPSA) is 122 Å². The number of phenols is 1. The molecule has 1 aromatic carbocycles. The van der Waals surface area contributed by atoms with E-state index in [1.165, 1.54) is 42.2 Å². The Morgan fingerprint density at radius 3 is 2.42 bits per heavy atom. The Morgan fingerprint density at radius 1 is 1.08 bits per heavy atom.